The lowest BCUT2D eigenvalue weighted by Gasteiger charge is -2.21. The molecule has 1 aromatic heterocycles. The van der Waals surface area contributed by atoms with Crippen LogP contribution in [0.4, 0.5) is 0 Å². The van der Waals surface area contributed by atoms with Gasteiger partial charge in [-0.05, 0) is 6.42 Å². The molecule has 1 aliphatic heterocycles. The van der Waals surface area contributed by atoms with Gasteiger partial charge in [0.2, 0.25) is 5.91 Å². The van der Waals surface area contributed by atoms with Gasteiger partial charge in [0.1, 0.15) is 0 Å². The minimum Gasteiger partial charge on any atom is -0.391 e. The molecule has 1 N–H and O–H groups in total. The topological polar surface area (TPSA) is 66.3 Å². The Morgan fingerprint density at radius 2 is 2.11 bits per heavy atom. The standard InChI is InChI=1S/C14H21N3O2/c1-14(2,3)13-11(15-5-6-16-13)8-12(19)17-7-4-10(18)9-17/h5-6,10,18H,4,7-9H2,1-3H3. The summed E-state index contributed by atoms with van der Waals surface area (Å²) >= 11 is 0. The van der Waals surface area contributed by atoms with E-state index in [-0.39, 0.29) is 23.8 Å². The van der Waals surface area contributed by atoms with Crippen molar-refractivity contribution in [3.8, 4) is 0 Å². The maximum atomic E-state index is 12.2. The molecule has 0 spiro atoms. The lowest BCUT2D eigenvalue weighted by Crippen LogP contribution is -2.32. The summed E-state index contributed by atoms with van der Waals surface area (Å²) < 4.78 is 0. The molecule has 1 saturated heterocycles. The maximum absolute atomic E-state index is 12.2. The summed E-state index contributed by atoms with van der Waals surface area (Å²) in [5, 5.41) is 9.48. The Labute approximate surface area is 113 Å². The molecule has 104 valence electrons. The van der Waals surface area contributed by atoms with Crippen molar-refractivity contribution in [3.05, 3.63) is 23.8 Å². The van der Waals surface area contributed by atoms with Crippen LogP contribution in [0.3, 0.4) is 0 Å². The van der Waals surface area contributed by atoms with E-state index in [9.17, 15) is 9.90 Å². The van der Waals surface area contributed by atoms with Gasteiger partial charge in [-0.15, -0.1) is 0 Å². The second-order valence-corrected chi connectivity index (χ2v) is 6.06. The van der Waals surface area contributed by atoms with Crippen LogP contribution >= 0.6 is 0 Å². The van der Waals surface area contributed by atoms with Crippen molar-refractivity contribution in [2.45, 2.75) is 45.1 Å². The monoisotopic (exact) mass is 263 g/mol. The normalized spacial score (nSPS) is 19.8. The van der Waals surface area contributed by atoms with E-state index in [0.717, 1.165) is 11.4 Å². The fourth-order valence-corrected chi connectivity index (χ4v) is 2.35. The highest BCUT2D eigenvalue weighted by Crippen LogP contribution is 2.23. The quantitative estimate of drug-likeness (QED) is 0.861. The SMILES string of the molecule is CC(C)(C)c1nccnc1CC(=O)N1CCC(O)C1. The molecule has 1 unspecified atom stereocenters. The highest BCUT2D eigenvalue weighted by atomic mass is 16.3. The van der Waals surface area contributed by atoms with Crippen molar-refractivity contribution in [1.29, 1.82) is 0 Å². The molecular weight excluding hydrogens is 242 g/mol. The largest absolute Gasteiger partial charge is 0.391 e. The zero-order valence-corrected chi connectivity index (χ0v) is 11.8. The summed E-state index contributed by atoms with van der Waals surface area (Å²) in [5.74, 6) is 0.0163. The van der Waals surface area contributed by atoms with E-state index < -0.39 is 0 Å². The number of amides is 1. The Morgan fingerprint density at radius 3 is 2.68 bits per heavy atom. The van der Waals surface area contributed by atoms with Gasteiger partial charge in [-0.1, -0.05) is 20.8 Å². The van der Waals surface area contributed by atoms with Crippen LogP contribution in [0, 0.1) is 0 Å². The Balaban J connectivity index is 2.13. The van der Waals surface area contributed by atoms with Crippen molar-refractivity contribution >= 4 is 5.91 Å². The van der Waals surface area contributed by atoms with Gasteiger partial charge < -0.3 is 10.0 Å². The van der Waals surface area contributed by atoms with Crippen molar-refractivity contribution in [3.63, 3.8) is 0 Å². The molecule has 5 nitrogen and oxygen atoms in total. The first-order chi connectivity index (χ1) is 8.88. The van der Waals surface area contributed by atoms with Gasteiger partial charge in [-0.3, -0.25) is 14.8 Å². The number of hydrogen-bond donors (Lipinski definition) is 1. The third kappa shape index (κ3) is 3.29. The number of rotatable bonds is 2. The molecule has 1 aliphatic rings. The molecule has 0 radical (unpaired) electrons. The summed E-state index contributed by atoms with van der Waals surface area (Å²) in [6.07, 6.45) is 3.82. The van der Waals surface area contributed by atoms with Crippen LogP contribution in [0.1, 0.15) is 38.6 Å². The van der Waals surface area contributed by atoms with Crippen molar-refractivity contribution in [1.82, 2.24) is 14.9 Å². The highest BCUT2D eigenvalue weighted by molar-refractivity contribution is 5.79. The van der Waals surface area contributed by atoms with Crippen LogP contribution in [0.2, 0.25) is 0 Å². The second kappa shape index (κ2) is 5.25. The van der Waals surface area contributed by atoms with Crippen molar-refractivity contribution in [2.75, 3.05) is 13.1 Å². The molecule has 0 saturated carbocycles. The van der Waals surface area contributed by atoms with E-state index in [0.29, 0.717) is 19.5 Å². The van der Waals surface area contributed by atoms with Gasteiger partial charge in [-0.2, -0.15) is 0 Å². The third-order valence-corrected chi connectivity index (χ3v) is 3.32. The third-order valence-electron chi connectivity index (χ3n) is 3.32. The summed E-state index contributed by atoms with van der Waals surface area (Å²) in [7, 11) is 0. The number of likely N-dealkylation sites (tertiary alicyclic amines) is 1. The lowest BCUT2D eigenvalue weighted by molar-refractivity contribution is -0.129. The molecule has 1 fully saturated rings. The second-order valence-electron chi connectivity index (χ2n) is 6.06. The molecule has 1 aromatic rings. The number of hydrogen-bond acceptors (Lipinski definition) is 4. The van der Waals surface area contributed by atoms with Crippen LogP contribution in [0.5, 0.6) is 0 Å². The van der Waals surface area contributed by atoms with Crippen LogP contribution in [0.25, 0.3) is 0 Å². The molecule has 0 aliphatic carbocycles. The van der Waals surface area contributed by atoms with E-state index in [1.165, 1.54) is 0 Å². The zero-order valence-electron chi connectivity index (χ0n) is 11.8. The first-order valence-electron chi connectivity index (χ1n) is 6.64. The number of carbonyl (C=O) groups excluding carboxylic acids is 1. The molecule has 2 rings (SSSR count). The summed E-state index contributed by atoms with van der Waals surface area (Å²) in [6.45, 7) is 7.24. The van der Waals surface area contributed by atoms with E-state index >= 15 is 0 Å². The molecule has 0 aromatic carbocycles. The summed E-state index contributed by atoms with van der Waals surface area (Å²) in [5.41, 5.74) is 1.47. The predicted octanol–water partition coefficient (Wildman–Crippen LogP) is 0.910. The Hall–Kier alpha value is -1.49. The molecule has 1 atom stereocenters. The lowest BCUT2D eigenvalue weighted by atomic mass is 9.89. The Bertz CT molecular complexity index is 468. The van der Waals surface area contributed by atoms with E-state index in [1.54, 1.807) is 17.3 Å². The van der Waals surface area contributed by atoms with Crippen LogP contribution < -0.4 is 0 Å². The van der Waals surface area contributed by atoms with Gasteiger partial charge in [-0.25, -0.2) is 0 Å². The smallest absolute Gasteiger partial charge is 0.228 e. The van der Waals surface area contributed by atoms with Crippen LogP contribution in [0.15, 0.2) is 12.4 Å². The van der Waals surface area contributed by atoms with Crippen molar-refractivity contribution < 1.29 is 9.90 Å². The van der Waals surface area contributed by atoms with Crippen LogP contribution in [-0.4, -0.2) is 45.1 Å². The van der Waals surface area contributed by atoms with Gasteiger partial charge >= 0.3 is 0 Å². The molecule has 2 heterocycles. The van der Waals surface area contributed by atoms with Gasteiger partial charge in [0.25, 0.3) is 0 Å². The average Bonchev–Trinajstić information content (AvgIpc) is 2.75. The number of aliphatic hydroxyl groups excluding tert-OH is 1. The highest BCUT2D eigenvalue weighted by Gasteiger charge is 2.27. The first kappa shape index (κ1) is 13.9. The minimum atomic E-state index is -0.382. The summed E-state index contributed by atoms with van der Waals surface area (Å²) in [6, 6.07) is 0. The minimum absolute atomic E-state index is 0.0163. The number of β-amino-alcohol motifs (C(OH)–C–C–N with tert-alkyl or cyclic N) is 1. The molecule has 1 amide bonds. The van der Waals surface area contributed by atoms with Gasteiger partial charge in [0.05, 0.1) is 23.9 Å². The van der Waals surface area contributed by atoms with E-state index in [4.69, 9.17) is 0 Å². The van der Waals surface area contributed by atoms with Crippen LogP contribution in [-0.2, 0) is 16.6 Å². The van der Waals surface area contributed by atoms with E-state index in [2.05, 4.69) is 30.7 Å². The van der Waals surface area contributed by atoms with Gasteiger partial charge in [0, 0.05) is 30.9 Å². The molecule has 0 bridgehead atoms. The fourth-order valence-electron chi connectivity index (χ4n) is 2.35. The Morgan fingerprint density at radius 1 is 1.42 bits per heavy atom. The van der Waals surface area contributed by atoms with Crippen molar-refractivity contribution in [2.24, 2.45) is 0 Å². The number of aromatic nitrogens is 2. The number of aliphatic hydroxyl groups is 1. The predicted molar refractivity (Wildman–Crippen MR) is 71.6 cm³/mol. The Kier molecular flexibility index (Phi) is 3.85. The fraction of sp³-hybridized carbons (Fsp3) is 0.643. The molecule has 19 heavy (non-hydrogen) atoms. The molecule has 5 heteroatoms. The number of carbonyl (C=O) groups is 1. The maximum Gasteiger partial charge on any atom is 0.228 e. The number of nitrogens with zero attached hydrogens (tertiary/aromatic N) is 3. The van der Waals surface area contributed by atoms with Gasteiger partial charge in [0.15, 0.2) is 0 Å². The first-order valence-corrected chi connectivity index (χ1v) is 6.64. The average molecular weight is 263 g/mol. The zero-order chi connectivity index (χ0) is 14.0. The molecular formula is C14H21N3O2. The van der Waals surface area contributed by atoms with E-state index in [1.807, 2.05) is 0 Å². The summed E-state index contributed by atoms with van der Waals surface area (Å²) in [4.78, 5) is 22.6.